The van der Waals surface area contributed by atoms with Crippen LogP contribution < -0.4 is 20.7 Å². The number of rotatable bonds is 9. The number of benzene rings is 4. The molecule has 6 aromatic rings. The Hall–Kier alpha value is -5.96. The van der Waals surface area contributed by atoms with E-state index in [0.717, 1.165) is 38.8 Å². The number of urea groups is 1. The lowest BCUT2D eigenvalue weighted by molar-refractivity contribution is -0.115. The van der Waals surface area contributed by atoms with Crippen molar-refractivity contribution in [2.24, 2.45) is 0 Å². The zero-order chi connectivity index (χ0) is 33.7. The number of anilines is 3. The monoisotopic (exact) mass is 638 g/mol. The molecule has 9 nitrogen and oxygen atoms in total. The van der Waals surface area contributed by atoms with Gasteiger partial charge in [-0.3, -0.25) is 10.1 Å². The summed E-state index contributed by atoms with van der Waals surface area (Å²) in [4.78, 5) is 30.2. The first-order chi connectivity index (χ1) is 23.1. The highest BCUT2D eigenvalue weighted by Gasteiger charge is 2.22. The molecule has 48 heavy (non-hydrogen) atoms. The Balaban J connectivity index is 1.15. The van der Waals surface area contributed by atoms with Crippen LogP contribution in [-0.4, -0.2) is 26.7 Å². The smallest absolute Gasteiger partial charge is 0.324 e. The van der Waals surface area contributed by atoms with E-state index in [1.54, 1.807) is 16.9 Å². The van der Waals surface area contributed by atoms with E-state index in [1.807, 2.05) is 110 Å². The van der Waals surface area contributed by atoms with E-state index in [9.17, 15) is 9.59 Å². The van der Waals surface area contributed by atoms with Crippen LogP contribution in [0.4, 0.5) is 22.1 Å². The van der Waals surface area contributed by atoms with E-state index in [0.29, 0.717) is 23.1 Å². The lowest BCUT2D eigenvalue weighted by Crippen LogP contribution is -2.21. The summed E-state index contributed by atoms with van der Waals surface area (Å²) >= 11 is 0. The zero-order valence-corrected chi connectivity index (χ0v) is 27.5. The highest BCUT2D eigenvalue weighted by molar-refractivity contribution is 6.07. The summed E-state index contributed by atoms with van der Waals surface area (Å²) < 4.78 is 8.00. The summed E-state index contributed by atoms with van der Waals surface area (Å²) in [5.74, 6) is 1.55. The number of nitrogens with zero attached hydrogens (tertiary/aromatic N) is 3. The van der Waals surface area contributed by atoms with Gasteiger partial charge in [0.15, 0.2) is 0 Å². The van der Waals surface area contributed by atoms with Gasteiger partial charge in [-0.05, 0) is 54.4 Å². The molecule has 2 heterocycles. The van der Waals surface area contributed by atoms with Gasteiger partial charge in [0.1, 0.15) is 24.0 Å². The number of ether oxygens (including phenoxy) is 1. The minimum absolute atomic E-state index is 0.140. The second-order valence-corrected chi connectivity index (χ2v) is 12.7. The fraction of sp³-hybridized carbons (Fsp3) is 0.179. The first kappa shape index (κ1) is 32.0. The van der Waals surface area contributed by atoms with Crippen LogP contribution in [0.1, 0.15) is 43.2 Å². The zero-order valence-electron chi connectivity index (χ0n) is 27.5. The van der Waals surface area contributed by atoms with Crippen molar-refractivity contribution in [3.05, 3.63) is 138 Å². The van der Waals surface area contributed by atoms with Crippen molar-refractivity contribution in [3.63, 3.8) is 0 Å². The van der Waals surface area contributed by atoms with Gasteiger partial charge in [0.25, 0.3) is 0 Å². The SMILES string of the molecule is Cc1ccc(-n2nc(C(C)(C)C)cc2NC(=O)Nc2ccc(OCc3ccnc(NC(=O)Cc4ccccc4)c3)c3ccccc23)cc1. The van der Waals surface area contributed by atoms with E-state index in [1.165, 1.54) is 0 Å². The Bertz CT molecular complexity index is 2060. The Kier molecular flexibility index (Phi) is 9.20. The number of hydrogen-bond acceptors (Lipinski definition) is 5. The van der Waals surface area contributed by atoms with Crippen molar-refractivity contribution in [3.8, 4) is 11.4 Å². The van der Waals surface area contributed by atoms with E-state index >= 15 is 0 Å². The lowest BCUT2D eigenvalue weighted by Gasteiger charge is -2.15. The quantitative estimate of drug-likeness (QED) is 0.147. The lowest BCUT2D eigenvalue weighted by atomic mass is 9.92. The first-order valence-electron chi connectivity index (χ1n) is 15.8. The molecule has 2 aromatic heterocycles. The molecule has 0 unspecified atom stereocenters. The summed E-state index contributed by atoms with van der Waals surface area (Å²) in [6.07, 6.45) is 1.91. The molecule has 0 aliphatic rings. The maximum absolute atomic E-state index is 13.4. The molecule has 0 spiro atoms. The van der Waals surface area contributed by atoms with Gasteiger partial charge in [0.05, 0.1) is 23.5 Å². The molecule has 3 N–H and O–H groups in total. The molecule has 0 aliphatic carbocycles. The molecule has 242 valence electrons. The maximum Gasteiger partial charge on any atom is 0.324 e. The van der Waals surface area contributed by atoms with E-state index < -0.39 is 0 Å². The number of nitrogens with one attached hydrogen (secondary N) is 3. The average molecular weight is 639 g/mol. The minimum atomic E-state index is -0.388. The molecule has 0 saturated heterocycles. The summed E-state index contributed by atoms with van der Waals surface area (Å²) in [7, 11) is 0. The molecule has 0 saturated carbocycles. The fourth-order valence-corrected chi connectivity index (χ4v) is 5.26. The van der Waals surface area contributed by atoms with Crippen LogP contribution in [-0.2, 0) is 23.2 Å². The number of fused-ring (bicyclic) bond motifs is 1. The van der Waals surface area contributed by atoms with Crippen LogP contribution in [0.25, 0.3) is 16.5 Å². The van der Waals surface area contributed by atoms with Crippen LogP contribution in [0.15, 0.2) is 115 Å². The molecular weight excluding hydrogens is 600 g/mol. The minimum Gasteiger partial charge on any atom is -0.488 e. The summed E-state index contributed by atoms with van der Waals surface area (Å²) in [6, 6.07) is 34.2. The summed E-state index contributed by atoms with van der Waals surface area (Å²) in [6.45, 7) is 8.57. The van der Waals surface area contributed by atoms with Crippen LogP contribution >= 0.6 is 0 Å². The van der Waals surface area contributed by atoms with Crippen molar-refractivity contribution < 1.29 is 14.3 Å². The van der Waals surface area contributed by atoms with Gasteiger partial charge in [0, 0.05) is 28.5 Å². The molecule has 0 bridgehead atoms. The Morgan fingerprint density at radius 2 is 1.50 bits per heavy atom. The Morgan fingerprint density at radius 1 is 0.771 bits per heavy atom. The second kappa shape index (κ2) is 13.8. The van der Waals surface area contributed by atoms with Crippen molar-refractivity contribution in [1.29, 1.82) is 0 Å². The third-order valence-electron chi connectivity index (χ3n) is 7.82. The standard InChI is InChI=1S/C39H38N6O3/c1-26-14-16-29(17-15-26)45-36(24-34(44-45)39(2,3)4)43-38(47)41-32-18-19-33(31-13-9-8-12-30(31)32)48-25-28-20-21-40-35(22-28)42-37(46)23-27-10-6-5-7-11-27/h5-22,24H,23,25H2,1-4H3,(H,40,42,46)(H2,41,43,47). The van der Waals surface area contributed by atoms with E-state index in [2.05, 4.69) is 41.7 Å². The molecule has 0 fully saturated rings. The molecule has 0 atom stereocenters. The highest BCUT2D eigenvalue weighted by Crippen LogP contribution is 2.33. The second-order valence-electron chi connectivity index (χ2n) is 12.7. The van der Waals surface area contributed by atoms with Gasteiger partial charge in [-0.25, -0.2) is 14.5 Å². The number of hydrogen-bond donors (Lipinski definition) is 3. The van der Waals surface area contributed by atoms with Gasteiger partial charge in [-0.1, -0.05) is 93.1 Å². The van der Waals surface area contributed by atoms with Crippen LogP contribution in [0, 0.1) is 6.92 Å². The molecular formula is C39H38N6O3. The van der Waals surface area contributed by atoms with Crippen LogP contribution in [0.3, 0.4) is 0 Å². The predicted molar refractivity (Wildman–Crippen MR) is 191 cm³/mol. The first-order valence-corrected chi connectivity index (χ1v) is 15.8. The Morgan fingerprint density at radius 3 is 2.25 bits per heavy atom. The summed E-state index contributed by atoms with van der Waals surface area (Å²) in [5.41, 5.74) is 5.08. The highest BCUT2D eigenvalue weighted by atomic mass is 16.5. The van der Waals surface area contributed by atoms with Gasteiger partial charge in [0.2, 0.25) is 5.91 Å². The van der Waals surface area contributed by atoms with Crippen LogP contribution in [0.5, 0.6) is 5.75 Å². The Labute approximate surface area is 280 Å². The largest absolute Gasteiger partial charge is 0.488 e. The van der Waals surface area contributed by atoms with E-state index in [4.69, 9.17) is 9.84 Å². The van der Waals surface area contributed by atoms with Gasteiger partial charge >= 0.3 is 6.03 Å². The molecule has 4 aromatic carbocycles. The number of amides is 3. The fourth-order valence-electron chi connectivity index (χ4n) is 5.26. The normalized spacial score (nSPS) is 11.2. The van der Waals surface area contributed by atoms with Crippen molar-refractivity contribution in [2.45, 2.75) is 46.1 Å². The van der Waals surface area contributed by atoms with Crippen LogP contribution in [0.2, 0.25) is 0 Å². The summed E-state index contributed by atoms with van der Waals surface area (Å²) in [5, 5.41) is 15.4. The number of pyridine rings is 1. The molecule has 3 amide bonds. The van der Waals surface area contributed by atoms with Gasteiger partial charge in [-0.15, -0.1) is 0 Å². The van der Waals surface area contributed by atoms with Gasteiger partial charge in [-0.2, -0.15) is 5.10 Å². The van der Waals surface area contributed by atoms with Crippen molar-refractivity contribution in [1.82, 2.24) is 14.8 Å². The number of carbonyl (C=O) groups is 2. The van der Waals surface area contributed by atoms with Crippen molar-refractivity contribution in [2.75, 3.05) is 16.0 Å². The van der Waals surface area contributed by atoms with Crippen molar-refractivity contribution >= 4 is 40.0 Å². The number of carbonyl (C=O) groups excluding carboxylic acids is 2. The molecule has 6 rings (SSSR count). The third kappa shape index (κ3) is 7.70. The molecule has 0 aliphatic heterocycles. The maximum atomic E-state index is 13.4. The van der Waals surface area contributed by atoms with E-state index in [-0.39, 0.29) is 30.4 Å². The van der Waals surface area contributed by atoms with Gasteiger partial charge < -0.3 is 15.4 Å². The molecule has 9 heteroatoms. The molecule has 0 radical (unpaired) electrons. The predicted octanol–water partition coefficient (Wildman–Crippen LogP) is 8.43. The third-order valence-corrected chi connectivity index (χ3v) is 7.82. The average Bonchev–Trinajstić information content (AvgIpc) is 3.49. The topological polar surface area (TPSA) is 110 Å². The number of aryl methyl sites for hydroxylation is 1. The number of aromatic nitrogens is 3.